The van der Waals surface area contributed by atoms with Crippen LogP contribution in [0.5, 0.6) is 0 Å². The Labute approximate surface area is 280 Å². The molecule has 0 saturated carbocycles. The van der Waals surface area contributed by atoms with E-state index < -0.39 is 166 Å². The molecule has 9 aromatic rings. The summed E-state index contributed by atoms with van der Waals surface area (Å²) in [5.41, 5.74) is -1.99. The molecule has 9 rings (SSSR count). The van der Waals surface area contributed by atoms with Gasteiger partial charge in [-0.25, -0.2) is 0 Å². The maximum Gasteiger partial charge on any atom is 0.143 e. The van der Waals surface area contributed by atoms with Crippen molar-refractivity contribution in [2.45, 2.75) is 0 Å². The molecule has 0 N–H and O–H groups in total. The zero-order chi connectivity index (χ0) is 47.5. The van der Waals surface area contributed by atoms with E-state index in [9.17, 15) is 6.85 Å². The van der Waals surface area contributed by atoms with Gasteiger partial charge in [0.25, 0.3) is 0 Å². The quantitative estimate of drug-likeness (QED) is 0.193. The van der Waals surface area contributed by atoms with Gasteiger partial charge in [-0.15, -0.1) is 0 Å². The lowest BCUT2D eigenvalue weighted by molar-refractivity contribution is 0.670. The molecule has 0 aliphatic carbocycles. The highest BCUT2D eigenvalue weighted by molar-refractivity contribution is 6.24. The van der Waals surface area contributed by atoms with Crippen LogP contribution >= 0.6 is 0 Å². The van der Waals surface area contributed by atoms with Gasteiger partial charge in [-0.1, -0.05) is 151 Å². The second-order valence-corrected chi connectivity index (χ2v) is 9.59. The van der Waals surface area contributed by atoms with E-state index in [2.05, 4.69) is 0 Å². The maximum absolute atomic E-state index is 9.35. The van der Waals surface area contributed by atoms with E-state index in [1.807, 2.05) is 0 Å². The molecule has 43 heavy (non-hydrogen) atoms. The fourth-order valence-electron chi connectivity index (χ4n) is 5.50. The Kier molecular flexibility index (Phi) is 2.39. The zero-order valence-electron chi connectivity index (χ0n) is 43.7. The molecule has 1 aromatic heterocycles. The summed E-state index contributed by atoms with van der Waals surface area (Å²) in [4.78, 5) is 0. The Morgan fingerprint density at radius 3 is 1.58 bits per heavy atom. The number of rotatable bonds is 3. The monoisotopic (exact) mass is 568 g/mol. The Morgan fingerprint density at radius 1 is 0.372 bits per heavy atom. The van der Waals surface area contributed by atoms with Crippen molar-refractivity contribution in [1.29, 1.82) is 0 Å². The van der Waals surface area contributed by atoms with Crippen LogP contribution in [-0.4, -0.2) is 0 Å². The van der Waals surface area contributed by atoms with Gasteiger partial charge in [-0.2, -0.15) is 0 Å². The average Bonchev–Trinajstić information content (AvgIpc) is 3.69. The smallest absolute Gasteiger partial charge is 0.143 e. The lowest BCUT2D eigenvalue weighted by Crippen LogP contribution is -1.91. The van der Waals surface area contributed by atoms with Crippen LogP contribution in [-0.2, 0) is 0 Å². The van der Waals surface area contributed by atoms with Crippen molar-refractivity contribution in [3.63, 3.8) is 0 Å². The molecule has 0 fully saturated rings. The van der Waals surface area contributed by atoms with E-state index in [0.29, 0.717) is 0 Å². The number of hydrogen-bond acceptors (Lipinski definition) is 1. The summed E-state index contributed by atoms with van der Waals surface area (Å²) >= 11 is 0. The first-order valence-corrected chi connectivity index (χ1v) is 13.0. The lowest BCUT2D eigenvalue weighted by Gasteiger charge is -2.18. The lowest BCUT2D eigenvalue weighted by atomic mass is 9.85. The van der Waals surface area contributed by atoms with Gasteiger partial charge >= 0.3 is 0 Å². The Balaban J connectivity index is 1.50. The van der Waals surface area contributed by atoms with E-state index in [0.717, 1.165) is 0 Å². The summed E-state index contributed by atoms with van der Waals surface area (Å²) in [7, 11) is 0. The third kappa shape index (κ3) is 3.65. The molecule has 0 bridgehead atoms. The molecule has 200 valence electrons. The molecule has 0 atom stereocenters. The second-order valence-electron chi connectivity index (χ2n) is 9.59. The fourth-order valence-corrected chi connectivity index (χ4v) is 5.50. The van der Waals surface area contributed by atoms with E-state index >= 15 is 0 Å². The van der Waals surface area contributed by atoms with Crippen molar-refractivity contribution in [3.05, 3.63) is 157 Å². The van der Waals surface area contributed by atoms with Gasteiger partial charge in [-0.05, 0) is 60.6 Å². The first kappa shape index (κ1) is 10.9. The van der Waals surface area contributed by atoms with Crippen LogP contribution in [0.25, 0.3) is 87.6 Å². The van der Waals surface area contributed by atoms with E-state index in [-0.39, 0.29) is 54.6 Å². The minimum atomic E-state index is -0.802. The maximum atomic E-state index is 9.35. The van der Waals surface area contributed by atoms with Crippen LogP contribution in [0.15, 0.2) is 162 Å². The topological polar surface area (TPSA) is 13.1 Å². The van der Waals surface area contributed by atoms with Crippen molar-refractivity contribution < 1.29 is 34.6 Å². The van der Waals surface area contributed by atoms with Crippen LogP contribution in [0.1, 0.15) is 30.2 Å². The summed E-state index contributed by atoms with van der Waals surface area (Å²) in [5, 5.41) is -2.69. The minimum absolute atomic E-state index is 0.0672. The molecule has 0 radical (unpaired) electrons. The van der Waals surface area contributed by atoms with Crippen LogP contribution in [0, 0.1) is 0 Å². The van der Waals surface area contributed by atoms with Crippen LogP contribution in [0.2, 0.25) is 0 Å². The van der Waals surface area contributed by atoms with Crippen LogP contribution in [0.4, 0.5) is 0 Å². The highest BCUT2D eigenvalue weighted by Gasteiger charge is 2.20. The van der Waals surface area contributed by atoms with Crippen molar-refractivity contribution in [2.24, 2.45) is 0 Å². The Hall–Kier alpha value is -5.66. The normalized spacial score (nSPS) is 18.9. The van der Waals surface area contributed by atoms with Crippen LogP contribution in [0.3, 0.4) is 0 Å². The van der Waals surface area contributed by atoms with E-state index in [1.165, 1.54) is 24.3 Å². The number of furan rings is 1. The molecular formula is C42H26O. The number of benzene rings is 8. The van der Waals surface area contributed by atoms with Crippen molar-refractivity contribution >= 4 is 54.3 Å². The average molecular weight is 569 g/mol. The Morgan fingerprint density at radius 2 is 0.860 bits per heavy atom. The summed E-state index contributed by atoms with van der Waals surface area (Å²) in [6, 6.07) is -9.72. The largest absolute Gasteiger partial charge is 0.455 e. The van der Waals surface area contributed by atoms with Gasteiger partial charge < -0.3 is 4.42 Å². The minimum Gasteiger partial charge on any atom is -0.455 e. The van der Waals surface area contributed by atoms with E-state index in [4.69, 9.17) is 27.7 Å². The van der Waals surface area contributed by atoms with Gasteiger partial charge in [0, 0.05) is 21.9 Å². The SMILES string of the molecule is [2H]c1c([2H])c([2H])c2c(oc3c(-c4c5c([2H])c([2H])c([2H])c([2H])c5c(-c5ccc(-c6c([2H])c([2H])c([2H])c7c([2H])c([2H])c([2H])c([2H])c67)cc5)c5c([2H])c([2H])c([2H])c([2H])c45)c([2H])c([2H])c([2H])c32)c1[2H]. The molecule has 0 saturated heterocycles. The van der Waals surface area contributed by atoms with Gasteiger partial charge in [0.05, 0.1) is 30.2 Å². The number of fused-ring (bicyclic) bond motifs is 6. The van der Waals surface area contributed by atoms with Gasteiger partial charge in [0.15, 0.2) is 0 Å². The Bertz CT molecular complexity index is 3640. The summed E-state index contributed by atoms with van der Waals surface area (Å²) < 4.78 is 199. The molecular weight excluding hydrogens is 520 g/mol. The predicted octanol–water partition coefficient (Wildman–Crippen LogP) is 12.0. The molecule has 0 aliphatic rings. The highest BCUT2D eigenvalue weighted by Crippen LogP contribution is 2.46. The third-order valence-corrected chi connectivity index (χ3v) is 7.34. The first-order chi connectivity index (χ1) is 30.5. The van der Waals surface area contributed by atoms with Gasteiger partial charge in [-0.3, -0.25) is 0 Å². The molecule has 0 unspecified atom stereocenters. The zero-order valence-corrected chi connectivity index (χ0v) is 21.7. The van der Waals surface area contributed by atoms with Gasteiger partial charge in [0.2, 0.25) is 0 Å². The molecule has 1 nitrogen and oxygen atoms in total. The third-order valence-electron chi connectivity index (χ3n) is 7.34. The van der Waals surface area contributed by atoms with Crippen LogP contribution < -0.4 is 0 Å². The second kappa shape index (κ2) is 9.44. The molecule has 1 heteroatoms. The summed E-state index contributed by atoms with van der Waals surface area (Å²) in [5.74, 6) is 0. The van der Waals surface area contributed by atoms with E-state index in [1.54, 1.807) is 0 Å². The molecule has 8 aromatic carbocycles. The fraction of sp³-hybridized carbons (Fsp3) is 0. The van der Waals surface area contributed by atoms with Crippen molar-refractivity contribution in [2.75, 3.05) is 0 Å². The predicted molar refractivity (Wildman–Crippen MR) is 183 cm³/mol. The summed E-state index contributed by atoms with van der Waals surface area (Å²) in [6.07, 6.45) is 0. The number of para-hydroxylation sites is 2. The number of hydrogen-bond donors (Lipinski definition) is 0. The van der Waals surface area contributed by atoms with Gasteiger partial charge in [0.1, 0.15) is 11.2 Å². The molecule has 1 heterocycles. The first-order valence-electron chi connectivity index (χ1n) is 24.0. The summed E-state index contributed by atoms with van der Waals surface area (Å²) in [6.45, 7) is 0. The van der Waals surface area contributed by atoms with Crippen molar-refractivity contribution in [3.8, 4) is 33.4 Å². The molecule has 0 aliphatic heterocycles. The highest BCUT2D eigenvalue weighted by atomic mass is 16.3. The molecule has 0 amide bonds. The van der Waals surface area contributed by atoms with Crippen molar-refractivity contribution in [1.82, 2.24) is 0 Å². The standard InChI is InChI=1S/C42H26O/c1-2-13-30-27(11-1)12-9-19-31(30)28-23-25-29(26-24-28)40-33-15-3-5-17-35(33)41(36-18-6-4-16-34(36)40)38-21-10-20-37-32-14-7-8-22-39(32)43-42(37)38/h1-26H/i1D,2D,3D,4D,5D,6D,7D,8D,9D,10D,11D,12D,13D,14D,15D,16D,17D,18D,19D,20D,21D,22D. The molecule has 0 spiro atoms.